The summed E-state index contributed by atoms with van der Waals surface area (Å²) >= 11 is 3.37. The van der Waals surface area contributed by atoms with Crippen molar-refractivity contribution in [3.05, 3.63) is 16.1 Å². The Labute approximate surface area is 103 Å². The van der Waals surface area contributed by atoms with Gasteiger partial charge in [0.2, 0.25) is 0 Å². The Morgan fingerprint density at radius 3 is 3.19 bits per heavy atom. The van der Waals surface area contributed by atoms with Crippen molar-refractivity contribution in [2.75, 3.05) is 32.2 Å². The Kier molecular flexibility index (Phi) is 3.83. The smallest absolute Gasteiger partial charge is 0.349 e. The van der Waals surface area contributed by atoms with E-state index in [1.54, 1.807) is 6.20 Å². The molecule has 1 unspecified atom stereocenters. The number of carbonyl (C=O) groups is 1. The summed E-state index contributed by atoms with van der Waals surface area (Å²) in [5.74, 6) is 1.92. The van der Waals surface area contributed by atoms with E-state index in [0.717, 1.165) is 17.3 Å². The van der Waals surface area contributed by atoms with Crippen molar-refractivity contribution in [3.63, 3.8) is 0 Å². The molecule has 1 aromatic rings. The molecule has 2 rings (SSSR count). The molecule has 0 amide bonds. The highest BCUT2D eigenvalue weighted by Crippen LogP contribution is 2.30. The number of hydrogen-bond acceptors (Lipinski definition) is 6. The molecule has 0 aromatic carbocycles. The second-order valence-corrected chi connectivity index (χ2v) is 5.84. The first-order valence-electron chi connectivity index (χ1n) is 5.04. The normalized spacial score (nSPS) is 22.0. The zero-order valence-electron chi connectivity index (χ0n) is 9.30. The Morgan fingerprint density at radius 2 is 2.50 bits per heavy atom. The maximum atomic E-state index is 11.3. The van der Waals surface area contributed by atoms with Crippen LogP contribution in [-0.4, -0.2) is 48.1 Å². The third-order valence-corrected chi connectivity index (χ3v) is 4.69. The quantitative estimate of drug-likeness (QED) is 0.755. The average molecular weight is 258 g/mol. The number of esters is 1. The van der Waals surface area contributed by atoms with Gasteiger partial charge in [-0.1, -0.05) is 0 Å². The van der Waals surface area contributed by atoms with E-state index in [2.05, 4.69) is 21.7 Å². The summed E-state index contributed by atoms with van der Waals surface area (Å²) < 4.78 is 4.68. The maximum Gasteiger partial charge on any atom is 0.349 e. The van der Waals surface area contributed by atoms with Crippen LogP contribution in [0.25, 0.3) is 0 Å². The highest BCUT2D eigenvalue weighted by Gasteiger charge is 2.24. The number of nitrogens with zero attached hydrogens (tertiary/aromatic N) is 2. The molecule has 1 aliphatic rings. The largest absolute Gasteiger partial charge is 0.465 e. The van der Waals surface area contributed by atoms with Gasteiger partial charge in [0.15, 0.2) is 0 Å². The van der Waals surface area contributed by atoms with Gasteiger partial charge in [0.05, 0.1) is 19.3 Å². The molecule has 4 nitrogen and oxygen atoms in total. The number of thioether (sulfide) groups is 1. The first kappa shape index (κ1) is 11.9. The van der Waals surface area contributed by atoms with Gasteiger partial charge < -0.3 is 4.74 Å². The summed E-state index contributed by atoms with van der Waals surface area (Å²) in [5, 5.41) is 1.01. The molecule has 88 valence electrons. The molecule has 16 heavy (non-hydrogen) atoms. The Morgan fingerprint density at radius 1 is 1.69 bits per heavy atom. The second-order valence-electron chi connectivity index (χ2n) is 3.63. The van der Waals surface area contributed by atoms with Gasteiger partial charge in [-0.05, 0) is 7.05 Å². The van der Waals surface area contributed by atoms with Crippen LogP contribution in [0.1, 0.15) is 20.7 Å². The van der Waals surface area contributed by atoms with E-state index >= 15 is 0 Å². The highest BCUT2D eigenvalue weighted by molar-refractivity contribution is 7.99. The molecule has 0 radical (unpaired) electrons. The van der Waals surface area contributed by atoms with Crippen LogP contribution < -0.4 is 0 Å². The van der Waals surface area contributed by atoms with Crippen LogP contribution in [0.15, 0.2) is 6.20 Å². The standard InChI is InChI=1S/C10H14N2O2S2/c1-12-3-4-15-6-7(12)9-11-5-8(16-9)10(13)14-2/h5,7H,3-4,6H2,1-2H3. The van der Waals surface area contributed by atoms with Crippen molar-refractivity contribution in [1.82, 2.24) is 9.88 Å². The number of methoxy groups -OCH3 is 1. The molecule has 0 N–H and O–H groups in total. The van der Waals surface area contributed by atoms with Crippen molar-refractivity contribution < 1.29 is 9.53 Å². The van der Waals surface area contributed by atoms with Gasteiger partial charge in [0.25, 0.3) is 0 Å². The first-order valence-corrected chi connectivity index (χ1v) is 7.01. The van der Waals surface area contributed by atoms with Crippen LogP contribution in [0.2, 0.25) is 0 Å². The molecular weight excluding hydrogens is 244 g/mol. The van der Waals surface area contributed by atoms with E-state index in [0.29, 0.717) is 10.9 Å². The zero-order valence-corrected chi connectivity index (χ0v) is 10.9. The average Bonchev–Trinajstić information content (AvgIpc) is 2.78. The van der Waals surface area contributed by atoms with Gasteiger partial charge in [0, 0.05) is 18.1 Å². The van der Waals surface area contributed by atoms with Crippen LogP contribution in [0.4, 0.5) is 0 Å². The summed E-state index contributed by atoms with van der Waals surface area (Å²) in [6.45, 7) is 1.07. The van der Waals surface area contributed by atoms with E-state index in [1.165, 1.54) is 24.2 Å². The molecule has 0 aliphatic carbocycles. The molecule has 1 aromatic heterocycles. The Balaban J connectivity index is 2.14. The summed E-state index contributed by atoms with van der Waals surface area (Å²) in [4.78, 5) is 18.5. The van der Waals surface area contributed by atoms with Crippen molar-refractivity contribution in [1.29, 1.82) is 0 Å². The van der Waals surface area contributed by atoms with Gasteiger partial charge in [-0.15, -0.1) is 11.3 Å². The predicted molar refractivity (Wildman–Crippen MR) is 66.1 cm³/mol. The third kappa shape index (κ3) is 2.39. The molecule has 0 bridgehead atoms. The van der Waals surface area contributed by atoms with Crippen molar-refractivity contribution in [2.24, 2.45) is 0 Å². The van der Waals surface area contributed by atoms with Gasteiger partial charge in [0.1, 0.15) is 9.88 Å². The number of rotatable bonds is 2. The van der Waals surface area contributed by atoms with E-state index in [9.17, 15) is 4.79 Å². The van der Waals surface area contributed by atoms with Crippen LogP contribution >= 0.6 is 23.1 Å². The van der Waals surface area contributed by atoms with Crippen LogP contribution in [0.3, 0.4) is 0 Å². The maximum absolute atomic E-state index is 11.3. The van der Waals surface area contributed by atoms with E-state index in [4.69, 9.17) is 0 Å². The number of aromatic nitrogens is 1. The molecule has 1 fully saturated rings. The molecule has 6 heteroatoms. The molecule has 0 spiro atoms. The van der Waals surface area contributed by atoms with Crippen LogP contribution in [0, 0.1) is 0 Å². The second kappa shape index (κ2) is 5.16. The first-order chi connectivity index (χ1) is 7.72. The van der Waals surface area contributed by atoms with Crippen molar-refractivity contribution in [2.45, 2.75) is 6.04 Å². The number of ether oxygens (including phenoxy) is 1. The van der Waals surface area contributed by atoms with Gasteiger partial charge in [-0.2, -0.15) is 11.8 Å². The molecular formula is C10H14N2O2S2. The topological polar surface area (TPSA) is 42.4 Å². The van der Waals surface area contributed by atoms with Gasteiger partial charge in [-0.25, -0.2) is 9.78 Å². The SMILES string of the molecule is COC(=O)c1cnc(C2CSCCN2C)s1. The fourth-order valence-corrected chi connectivity index (χ4v) is 3.91. The molecule has 1 saturated heterocycles. The van der Waals surface area contributed by atoms with E-state index in [1.807, 2.05) is 11.8 Å². The van der Waals surface area contributed by atoms with Crippen molar-refractivity contribution in [3.8, 4) is 0 Å². The summed E-state index contributed by atoms with van der Waals surface area (Å²) in [7, 11) is 3.49. The predicted octanol–water partition coefficient (Wildman–Crippen LogP) is 1.65. The molecule has 2 heterocycles. The van der Waals surface area contributed by atoms with Crippen LogP contribution in [0.5, 0.6) is 0 Å². The number of hydrogen-bond donors (Lipinski definition) is 0. The highest BCUT2D eigenvalue weighted by atomic mass is 32.2. The van der Waals surface area contributed by atoms with Gasteiger partial charge >= 0.3 is 5.97 Å². The lowest BCUT2D eigenvalue weighted by atomic mass is 10.3. The summed E-state index contributed by atoms with van der Waals surface area (Å²) in [6, 6.07) is 0.335. The number of thiazole rings is 1. The van der Waals surface area contributed by atoms with Crippen molar-refractivity contribution >= 4 is 29.1 Å². The Bertz CT molecular complexity index is 381. The summed E-state index contributed by atoms with van der Waals surface area (Å²) in [5.41, 5.74) is 0. The summed E-state index contributed by atoms with van der Waals surface area (Å²) in [6.07, 6.45) is 1.61. The number of carbonyl (C=O) groups excluding carboxylic acids is 1. The monoisotopic (exact) mass is 258 g/mol. The van der Waals surface area contributed by atoms with E-state index in [-0.39, 0.29) is 5.97 Å². The molecule has 1 atom stereocenters. The lowest BCUT2D eigenvalue weighted by Crippen LogP contribution is -2.32. The molecule has 0 saturated carbocycles. The minimum Gasteiger partial charge on any atom is -0.465 e. The minimum atomic E-state index is -0.296. The zero-order chi connectivity index (χ0) is 11.5. The lowest BCUT2D eigenvalue weighted by Gasteiger charge is -2.30. The minimum absolute atomic E-state index is 0.296. The molecule has 1 aliphatic heterocycles. The fraction of sp³-hybridized carbons (Fsp3) is 0.600. The van der Waals surface area contributed by atoms with E-state index < -0.39 is 0 Å². The van der Waals surface area contributed by atoms with Crippen LogP contribution in [-0.2, 0) is 4.74 Å². The van der Waals surface area contributed by atoms with Gasteiger partial charge in [-0.3, -0.25) is 4.90 Å². The Hall–Kier alpha value is -0.590. The lowest BCUT2D eigenvalue weighted by molar-refractivity contribution is 0.0606. The third-order valence-electron chi connectivity index (χ3n) is 2.59. The fourth-order valence-electron chi connectivity index (χ4n) is 1.58.